The Morgan fingerprint density at radius 1 is 0.895 bits per heavy atom. The van der Waals surface area contributed by atoms with Crippen molar-refractivity contribution in [2.75, 3.05) is 0 Å². The van der Waals surface area contributed by atoms with Gasteiger partial charge < -0.3 is 24.8 Å². The third-order valence-corrected chi connectivity index (χ3v) is 2.72. The number of phenols is 4. The summed E-state index contributed by atoms with van der Waals surface area (Å²) >= 11 is 0. The van der Waals surface area contributed by atoms with E-state index in [9.17, 15) is 20.4 Å². The molecule has 96 valence electrons. The fourth-order valence-corrected chi connectivity index (χ4v) is 1.78. The number of aromatic nitrogens is 1. The number of hydrogen-bond donors (Lipinski definition) is 4. The Balaban J connectivity index is 2.26. The molecule has 0 aliphatic heterocycles. The lowest BCUT2D eigenvalue weighted by Gasteiger charge is -1.99. The molecule has 2 aromatic carbocycles. The summed E-state index contributed by atoms with van der Waals surface area (Å²) < 4.78 is 5.37. The average molecular weight is 259 g/mol. The minimum Gasteiger partial charge on any atom is -0.508 e. The number of rotatable bonds is 1. The fraction of sp³-hybridized carbons (Fsp3) is 0. The standard InChI is InChI=1S/C13H9NO5/c15-6-1-2-8(16)7(5-6)13-14-11-10(19-13)4-3-9(17)12(11)18/h1-5,15-18H. The van der Waals surface area contributed by atoms with E-state index in [2.05, 4.69) is 4.98 Å². The van der Waals surface area contributed by atoms with Gasteiger partial charge in [0, 0.05) is 0 Å². The predicted octanol–water partition coefficient (Wildman–Crippen LogP) is 2.32. The van der Waals surface area contributed by atoms with Gasteiger partial charge in [-0.3, -0.25) is 0 Å². The summed E-state index contributed by atoms with van der Waals surface area (Å²) in [5.74, 6) is -0.848. The van der Waals surface area contributed by atoms with Gasteiger partial charge in [0.25, 0.3) is 0 Å². The first-order valence-corrected chi connectivity index (χ1v) is 5.40. The molecule has 0 unspecified atom stereocenters. The van der Waals surface area contributed by atoms with Crippen LogP contribution < -0.4 is 0 Å². The summed E-state index contributed by atoms with van der Waals surface area (Å²) in [7, 11) is 0. The van der Waals surface area contributed by atoms with Crippen LogP contribution in [0.25, 0.3) is 22.6 Å². The molecule has 0 bridgehead atoms. The second-order valence-corrected chi connectivity index (χ2v) is 4.00. The predicted molar refractivity (Wildman–Crippen MR) is 66.1 cm³/mol. The third kappa shape index (κ3) is 1.70. The van der Waals surface area contributed by atoms with Gasteiger partial charge in [0.1, 0.15) is 11.5 Å². The van der Waals surface area contributed by atoms with E-state index in [4.69, 9.17) is 4.42 Å². The van der Waals surface area contributed by atoms with Crippen molar-refractivity contribution in [1.82, 2.24) is 4.98 Å². The van der Waals surface area contributed by atoms with E-state index in [0.717, 1.165) is 0 Å². The molecule has 0 amide bonds. The highest BCUT2D eigenvalue weighted by atomic mass is 16.4. The molecule has 0 radical (unpaired) electrons. The minimum atomic E-state index is -0.396. The van der Waals surface area contributed by atoms with Gasteiger partial charge in [-0.15, -0.1) is 0 Å². The molecule has 0 atom stereocenters. The lowest BCUT2D eigenvalue weighted by Crippen LogP contribution is -1.79. The maximum absolute atomic E-state index is 9.71. The van der Waals surface area contributed by atoms with Crippen molar-refractivity contribution < 1.29 is 24.8 Å². The Labute approximate surface area is 106 Å². The molecule has 1 aromatic heterocycles. The molecule has 6 nitrogen and oxygen atoms in total. The van der Waals surface area contributed by atoms with Crippen LogP contribution in [-0.2, 0) is 0 Å². The third-order valence-electron chi connectivity index (χ3n) is 2.72. The summed E-state index contributed by atoms with van der Waals surface area (Å²) in [4.78, 5) is 4.00. The Hall–Kier alpha value is -2.89. The monoisotopic (exact) mass is 259 g/mol. The maximum atomic E-state index is 9.71. The van der Waals surface area contributed by atoms with E-state index >= 15 is 0 Å². The topological polar surface area (TPSA) is 107 Å². The second-order valence-electron chi connectivity index (χ2n) is 4.00. The van der Waals surface area contributed by atoms with E-state index in [1.54, 1.807) is 0 Å². The first-order chi connectivity index (χ1) is 9.06. The van der Waals surface area contributed by atoms with E-state index in [1.807, 2.05) is 0 Å². The summed E-state index contributed by atoms with van der Waals surface area (Å²) in [5, 5.41) is 38.1. The zero-order chi connectivity index (χ0) is 13.6. The summed E-state index contributed by atoms with van der Waals surface area (Å²) in [6.45, 7) is 0. The Kier molecular flexibility index (Phi) is 2.25. The van der Waals surface area contributed by atoms with Crippen LogP contribution in [0.4, 0.5) is 0 Å². The van der Waals surface area contributed by atoms with Gasteiger partial charge >= 0.3 is 0 Å². The number of benzene rings is 2. The van der Waals surface area contributed by atoms with E-state index in [-0.39, 0.29) is 39.8 Å². The van der Waals surface area contributed by atoms with Crippen LogP contribution in [0.5, 0.6) is 23.0 Å². The lowest BCUT2D eigenvalue weighted by atomic mass is 10.2. The Morgan fingerprint density at radius 3 is 2.42 bits per heavy atom. The number of phenolic OH excluding ortho intramolecular Hbond substituents is 4. The van der Waals surface area contributed by atoms with Gasteiger partial charge in [-0.1, -0.05) is 0 Å². The van der Waals surface area contributed by atoms with Crippen molar-refractivity contribution in [2.45, 2.75) is 0 Å². The van der Waals surface area contributed by atoms with Gasteiger partial charge in [-0.05, 0) is 30.3 Å². The smallest absolute Gasteiger partial charge is 0.231 e. The quantitative estimate of drug-likeness (QED) is 0.394. The molecule has 0 aliphatic rings. The first kappa shape index (κ1) is 11.2. The Morgan fingerprint density at radius 2 is 1.63 bits per heavy atom. The highest BCUT2D eigenvalue weighted by molar-refractivity contribution is 5.85. The largest absolute Gasteiger partial charge is 0.508 e. The van der Waals surface area contributed by atoms with Crippen LogP contribution in [0.3, 0.4) is 0 Å². The molecule has 0 aliphatic carbocycles. The summed E-state index contributed by atoms with van der Waals surface area (Å²) in [6, 6.07) is 6.63. The zero-order valence-corrected chi connectivity index (χ0v) is 9.53. The van der Waals surface area contributed by atoms with Crippen molar-refractivity contribution in [1.29, 1.82) is 0 Å². The van der Waals surface area contributed by atoms with Crippen molar-refractivity contribution in [3.05, 3.63) is 30.3 Å². The minimum absolute atomic E-state index is 0.0318. The summed E-state index contributed by atoms with van der Waals surface area (Å²) in [6.07, 6.45) is 0. The number of aromatic hydroxyl groups is 4. The normalized spacial score (nSPS) is 10.9. The zero-order valence-electron chi connectivity index (χ0n) is 9.53. The second kappa shape index (κ2) is 3.81. The van der Waals surface area contributed by atoms with Gasteiger partial charge in [-0.2, -0.15) is 0 Å². The van der Waals surface area contributed by atoms with Crippen LogP contribution >= 0.6 is 0 Å². The maximum Gasteiger partial charge on any atom is 0.231 e. The number of oxazole rings is 1. The molecule has 3 rings (SSSR count). The number of hydrogen-bond acceptors (Lipinski definition) is 6. The Bertz CT molecular complexity index is 778. The SMILES string of the molecule is Oc1ccc(O)c(-c2nc3c(O)c(O)ccc3o2)c1. The average Bonchev–Trinajstić information content (AvgIpc) is 2.81. The highest BCUT2D eigenvalue weighted by Crippen LogP contribution is 2.38. The van der Waals surface area contributed by atoms with Gasteiger partial charge in [0.05, 0.1) is 5.56 Å². The number of nitrogens with zero attached hydrogens (tertiary/aromatic N) is 1. The van der Waals surface area contributed by atoms with Crippen molar-refractivity contribution in [2.24, 2.45) is 0 Å². The molecule has 0 fully saturated rings. The van der Waals surface area contributed by atoms with Crippen molar-refractivity contribution in [3.8, 4) is 34.5 Å². The van der Waals surface area contributed by atoms with Crippen LogP contribution in [0.1, 0.15) is 0 Å². The molecule has 0 saturated carbocycles. The number of fused-ring (bicyclic) bond motifs is 1. The molecular formula is C13H9NO5. The fourth-order valence-electron chi connectivity index (χ4n) is 1.78. The van der Waals surface area contributed by atoms with E-state index in [1.165, 1.54) is 30.3 Å². The molecular weight excluding hydrogens is 250 g/mol. The molecule has 0 spiro atoms. The van der Waals surface area contributed by atoms with Crippen LogP contribution in [0.15, 0.2) is 34.7 Å². The molecule has 19 heavy (non-hydrogen) atoms. The van der Waals surface area contributed by atoms with Crippen LogP contribution in [-0.4, -0.2) is 25.4 Å². The van der Waals surface area contributed by atoms with Crippen molar-refractivity contribution >= 4 is 11.1 Å². The van der Waals surface area contributed by atoms with E-state index in [0.29, 0.717) is 0 Å². The van der Waals surface area contributed by atoms with Gasteiger partial charge in [-0.25, -0.2) is 4.98 Å². The molecule has 1 heterocycles. The highest BCUT2D eigenvalue weighted by Gasteiger charge is 2.16. The van der Waals surface area contributed by atoms with Crippen LogP contribution in [0.2, 0.25) is 0 Å². The first-order valence-electron chi connectivity index (χ1n) is 5.40. The lowest BCUT2D eigenvalue weighted by molar-refractivity contribution is 0.407. The van der Waals surface area contributed by atoms with Crippen molar-refractivity contribution in [3.63, 3.8) is 0 Å². The molecule has 4 N–H and O–H groups in total. The molecule has 3 aromatic rings. The van der Waals surface area contributed by atoms with Gasteiger partial charge in [0.2, 0.25) is 5.89 Å². The molecule has 6 heteroatoms. The summed E-state index contributed by atoms with van der Waals surface area (Å²) in [5.41, 5.74) is 0.529. The van der Waals surface area contributed by atoms with Crippen LogP contribution in [0, 0.1) is 0 Å². The molecule has 0 saturated heterocycles. The van der Waals surface area contributed by atoms with Gasteiger partial charge in [0.15, 0.2) is 22.6 Å². The van der Waals surface area contributed by atoms with E-state index < -0.39 is 5.75 Å².